The maximum Gasteiger partial charge on any atom is 0.231 e. The molecule has 6 rings (SSSR count). The monoisotopic (exact) mass is 512 g/mol. The van der Waals surface area contributed by atoms with Crippen molar-refractivity contribution < 1.29 is 19.4 Å². The highest BCUT2D eigenvalue weighted by atomic mass is 35.5. The zero-order valence-electron chi connectivity index (χ0n) is 20.5. The number of carbonyl (C=O) groups is 1. The maximum absolute atomic E-state index is 14.1. The molecule has 2 aromatic rings. The molecule has 4 N–H and O–H groups in total. The fourth-order valence-electron chi connectivity index (χ4n) is 6.99. The summed E-state index contributed by atoms with van der Waals surface area (Å²) in [4.78, 5) is 18.6. The number of nitrogens with one attached hydrogen (secondary N) is 1. The number of rotatable bonds is 5. The summed E-state index contributed by atoms with van der Waals surface area (Å²) in [6.07, 6.45) is 0.308. The number of nitrogens with zero attached hydrogens (tertiary/aromatic N) is 2. The van der Waals surface area contributed by atoms with Crippen LogP contribution in [-0.2, 0) is 11.3 Å². The van der Waals surface area contributed by atoms with Gasteiger partial charge in [0.1, 0.15) is 5.84 Å². The van der Waals surface area contributed by atoms with E-state index in [1.54, 1.807) is 0 Å². The molecule has 9 heteroatoms. The summed E-state index contributed by atoms with van der Waals surface area (Å²) in [5.74, 6) is 1.93. The van der Waals surface area contributed by atoms with Crippen LogP contribution in [0.4, 0.5) is 0 Å². The van der Waals surface area contributed by atoms with Gasteiger partial charge in [0.05, 0.1) is 12.0 Å². The van der Waals surface area contributed by atoms with Crippen LogP contribution in [-0.4, -0.2) is 58.2 Å². The number of hydrogen-bond acceptors (Lipinski definition) is 6. The number of ether oxygens (including phenoxy) is 2. The molecule has 0 spiro atoms. The first-order valence-electron chi connectivity index (χ1n) is 12.4. The van der Waals surface area contributed by atoms with Crippen molar-refractivity contribution in [2.24, 2.45) is 23.5 Å². The molecule has 0 saturated carbocycles. The highest BCUT2D eigenvalue weighted by Gasteiger charge is 2.64. The van der Waals surface area contributed by atoms with Crippen molar-refractivity contribution in [3.63, 3.8) is 0 Å². The molecule has 36 heavy (non-hydrogen) atoms. The van der Waals surface area contributed by atoms with Crippen molar-refractivity contribution in [3.8, 4) is 11.5 Å². The minimum atomic E-state index is -0.384. The van der Waals surface area contributed by atoms with Gasteiger partial charge in [0.15, 0.2) is 11.5 Å². The molecule has 0 bridgehead atoms. The number of benzene rings is 2. The fourth-order valence-corrected chi connectivity index (χ4v) is 6.99. The first-order valence-corrected chi connectivity index (χ1v) is 12.4. The van der Waals surface area contributed by atoms with E-state index in [1.165, 1.54) is 0 Å². The summed E-state index contributed by atoms with van der Waals surface area (Å²) >= 11 is 0. The molecule has 6 atom stereocenters. The highest BCUT2D eigenvalue weighted by molar-refractivity contribution is 5.95. The van der Waals surface area contributed by atoms with Crippen LogP contribution in [0.2, 0.25) is 0 Å². The molecule has 3 saturated heterocycles. The summed E-state index contributed by atoms with van der Waals surface area (Å²) in [6, 6.07) is 13.7. The van der Waals surface area contributed by atoms with E-state index in [0.717, 1.165) is 22.6 Å². The third kappa shape index (κ3) is 3.83. The van der Waals surface area contributed by atoms with Gasteiger partial charge in [-0.05, 0) is 35.6 Å². The number of likely N-dealkylation sites (tertiary alicyclic amines) is 1. The van der Waals surface area contributed by atoms with Gasteiger partial charge in [0.25, 0.3) is 0 Å². The number of aliphatic hydroxyl groups is 1. The Morgan fingerprint density at radius 1 is 1.17 bits per heavy atom. The third-order valence-electron chi connectivity index (χ3n) is 8.28. The Balaban J connectivity index is 0.00000267. The fraction of sp³-hybridized carbons (Fsp3) is 0.481. The Labute approximate surface area is 217 Å². The molecule has 192 valence electrons. The average Bonchev–Trinajstić information content (AvgIpc) is 3.56. The SMILES string of the molecule is CC(C)[C@@H]1[C@@H]2[C@H](C(=O)N1Cc1ccc3c(c1)OCO3)[C@H](c1ccc(C(=N)N)cc1)N1C[C@H](O)C[C@@H]21.Cl. The van der Waals surface area contributed by atoms with Crippen LogP contribution in [0.15, 0.2) is 42.5 Å². The second-order valence-electron chi connectivity index (χ2n) is 10.6. The number of carbonyl (C=O) groups excluding carboxylic acids is 1. The molecule has 0 aliphatic carbocycles. The van der Waals surface area contributed by atoms with Gasteiger partial charge in [-0.2, -0.15) is 0 Å². The average molecular weight is 513 g/mol. The van der Waals surface area contributed by atoms with E-state index in [9.17, 15) is 9.90 Å². The van der Waals surface area contributed by atoms with E-state index < -0.39 is 0 Å². The zero-order valence-corrected chi connectivity index (χ0v) is 21.3. The van der Waals surface area contributed by atoms with Gasteiger partial charge in [0.2, 0.25) is 12.7 Å². The Hall–Kier alpha value is -2.81. The van der Waals surface area contributed by atoms with E-state index in [-0.39, 0.29) is 72.9 Å². The molecule has 2 aromatic carbocycles. The molecule has 0 unspecified atom stereocenters. The number of hydrogen-bond donors (Lipinski definition) is 3. The number of nitrogens with two attached hydrogens (primary N) is 1. The summed E-state index contributed by atoms with van der Waals surface area (Å²) < 4.78 is 11.0. The normalized spacial score (nSPS) is 30.4. The van der Waals surface area contributed by atoms with Crippen LogP contribution >= 0.6 is 12.4 Å². The van der Waals surface area contributed by atoms with Crippen molar-refractivity contribution in [3.05, 3.63) is 59.2 Å². The lowest BCUT2D eigenvalue weighted by Gasteiger charge is -2.35. The lowest BCUT2D eigenvalue weighted by molar-refractivity contribution is -0.134. The number of nitrogen functional groups attached to an aromatic ring is 1. The van der Waals surface area contributed by atoms with Crippen LogP contribution in [0.25, 0.3) is 0 Å². The summed E-state index contributed by atoms with van der Waals surface area (Å²) in [5.41, 5.74) is 8.41. The molecule has 8 nitrogen and oxygen atoms in total. The quantitative estimate of drug-likeness (QED) is 0.419. The summed E-state index contributed by atoms with van der Waals surface area (Å²) in [5, 5.41) is 18.3. The predicted molar refractivity (Wildman–Crippen MR) is 137 cm³/mol. The van der Waals surface area contributed by atoms with Crippen LogP contribution in [0, 0.1) is 23.2 Å². The molecule has 4 aliphatic heterocycles. The van der Waals surface area contributed by atoms with Crippen molar-refractivity contribution in [2.45, 2.75) is 51.0 Å². The predicted octanol–water partition coefficient (Wildman–Crippen LogP) is 2.91. The highest BCUT2D eigenvalue weighted by Crippen LogP contribution is 2.56. The van der Waals surface area contributed by atoms with Gasteiger partial charge < -0.3 is 25.2 Å². The van der Waals surface area contributed by atoms with Crippen LogP contribution in [0.5, 0.6) is 11.5 Å². The summed E-state index contributed by atoms with van der Waals surface area (Å²) in [7, 11) is 0. The second-order valence-corrected chi connectivity index (χ2v) is 10.6. The number of fused-ring (bicyclic) bond motifs is 4. The smallest absolute Gasteiger partial charge is 0.231 e. The molecular weight excluding hydrogens is 480 g/mol. The first-order chi connectivity index (χ1) is 16.8. The number of amides is 1. The molecule has 3 fully saturated rings. The largest absolute Gasteiger partial charge is 0.454 e. The second kappa shape index (κ2) is 9.25. The van der Waals surface area contributed by atoms with E-state index >= 15 is 0 Å². The van der Waals surface area contributed by atoms with E-state index in [2.05, 4.69) is 23.6 Å². The molecular formula is C27H33ClN4O4. The van der Waals surface area contributed by atoms with Crippen molar-refractivity contribution in [2.75, 3.05) is 13.3 Å². The Morgan fingerprint density at radius 3 is 2.58 bits per heavy atom. The molecule has 0 radical (unpaired) electrons. The Kier molecular flexibility index (Phi) is 6.39. The lowest BCUT2D eigenvalue weighted by atomic mass is 9.78. The molecule has 0 aromatic heterocycles. The summed E-state index contributed by atoms with van der Waals surface area (Å²) in [6.45, 7) is 5.72. The van der Waals surface area contributed by atoms with Crippen LogP contribution < -0.4 is 15.2 Å². The topological polar surface area (TPSA) is 112 Å². The van der Waals surface area contributed by atoms with Crippen molar-refractivity contribution >= 4 is 24.1 Å². The van der Waals surface area contributed by atoms with Gasteiger partial charge in [-0.15, -0.1) is 12.4 Å². The molecule has 4 aliphatic rings. The first kappa shape index (κ1) is 24.9. The Morgan fingerprint density at radius 2 is 1.89 bits per heavy atom. The minimum absolute atomic E-state index is 0. The van der Waals surface area contributed by atoms with E-state index in [4.69, 9.17) is 20.6 Å². The Bertz CT molecular complexity index is 1170. The van der Waals surface area contributed by atoms with Crippen molar-refractivity contribution in [1.29, 1.82) is 5.41 Å². The van der Waals surface area contributed by atoms with Gasteiger partial charge in [-0.25, -0.2) is 0 Å². The lowest BCUT2D eigenvalue weighted by Crippen LogP contribution is -2.44. The van der Waals surface area contributed by atoms with Crippen molar-refractivity contribution in [1.82, 2.24) is 9.80 Å². The van der Waals surface area contributed by atoms with E-state index in [1.807, 2.05) is 42.5 Å². The zero-order chi connectivity index (χ0) is 24.4. The van der Waals surface area contributed by atoms with Gasteiger partial charge in [-0.1, -0.05) is 44.2 Å². The molecule has 4 heterocycles. The van der Waals surface area contributed by atoms with Gasteiger partial charge >= 0.3 is 0 Å². The number of amidine groups is 1. The maximum atomic E-state index is 14.1. The van der Waals surface area contributed by atoms with Gasteiger partial charge in [0, 0.05) is 42.7 Å². The molecule has 1 amide bonds. The van der Waals surface area contributed by atoms with Crippen LogP contribution in [0.1, 0.15) is 43.0 Å². The van der Waals surface area contributed by atoms with Crippen LogP contribution in [0.3, 0.4) is 0 Å². The van der Waals surface area contributed by atoms with Gasteiger partial charge in [-0.3, -0.25) is 15.1 Å². The standard InChI is InChI=1S/C27H32N4O4.ClH/c1-14(2)24-22-19-10-18(32)12-30(19)25(16-4-6-17(7-5-16)26(28)29)23(22)27(33)31(24)11-15-3-8-20-21(9-15)35-13-34-20;/h3-9,14,18-19,22-25,32H,10-13H2,1-2H3,(H3,28,29);1H/t18-,19+,22+,23+,24-,25+;/m1./s1. The number of halogens is 1. The van der Waals surface area contributed by atoms with E-state index in [0.29, 0.717) is 25.1 Å². The number of aliphatic hydroxyl groups excluding tert-OH is 1. The third-order valence-corrected chi connectivity index (χ3v) is 8.28. The minimum Gasteiger partial charge on any atom is -0.454 e.